The topological polar surface area (TPSA) is 80.9 Å². The van der Waals surface area contributed by atoms with Crippen LogP contribution in [0.5, 0.6) is 23.0 Å². The number of hydrogen-bond donors (Lipinski definition) is 4. The van der Waals surface area contributed by atoms with Crippen molar-refractivity contribution in [3.63, 3.8) is 0 Å². The zero-order valence-corrected chi connectivity index (χ0v) is 17.3. The highest BCUT2D eigenvalue weighted by Gasteiger charge is 1.96. The van der Waals surface area contributed by atoms with Gasteiger partial charge < -0.3 is 20.4 Å². The first-order chi connectivity index (χ1) is 15.5. The third-order valence-corrected chi connectivity index (χ3v) is 4.39. The third-order valence-electron chi connectivity index (χ3n) is 4.39. The van der Waals surface area contributed by atoms with E-state index in [1.165, 1.54) is 12.1 Å². The smallest absolute Gasteiger partial charge is 0.119 e. The summed E-state index contributed by atoms with van der Waals surface area (Å²) < 4.78 is 0. The molecule has 4 N–H and O–H groups in total. The van der Waals surface area contributed by atoms with Crippen molar-refractivity contribution in [3.8, 4) is 23.0 Å². The fourth-order valence-corrected chi connectivity index (χ4v) is 2.94. The molecule has 0 aliphatic heterocycles. The maximum Gasteiger partial charge on any atom is 0.119 e. The molecule has 0 bridgehead atoms. The second-order valence-corrected chi connectivity index (χ2v) is 7.05. The van der Waals surface area contributed by atoms with E-state index in [4.69, 9.17) is 0 Å². The maximum absolute atomic E-state index is 9.30. The Morgan fingerprint density at radius 1 is 0.344 bits per heavy atom. The predicted octanol–water partition coefficient (Wildman–Crippen LogP) is 6.54. The van der Waals surface area contributed by atoms with Gasteiger partial charge in [-0.2, -0.15) is 0 Å². The van der Waals surface area contributed by atoms with Gasteiger partial charge in [-0.3, -0.25) is 0 Å². The normalized spacial score (nSPS) is 10.8. The van der Waals surface area contributed by atoms with Crippen molar-refractivity contribution < 1.29 is 20.4 Å². The van der Waals surface area contributed by atoms with E-state index in [-0.39, 0.29) is 23.0 Å². The Labute approximate surface area is 187 Å². The van der Waals surface area contributed by atoms with Crippen molar-refractivity contribution in [1.82, 2.24) is 0 Å². The summed E-state index contributed by atoms with van der Waals surface area (Å²) in [6.45, 7) is 0. The number of benzene rings is 4. The van der Waals surface area contributed by atoms with Crippen LogP contribution < -0.4 is 0 Å². The zero-order valence-electron chi connectivity index (χ0n) is 17.3. The molecule has 160 valence electrons. The van der Waals surface area contributed by atoms with Gasteiger partial charge in [0.25, 0.3) is 0 Å². The van der Waals surface area contributed by atoms with Crippen LogP contribution in [0, 0.1) is 0 Å². The highest BCUT2D eigenvalue weighted by atomic mass is 16.3. The van der Waals surface area contributed by atoms with Crippen LogP contribution in [-0.2, 0) is 0 Å². The van der Waals surface area contributed by atoms with Gasteiger partial charge in [-0.15, -0.1) is 0 Å². The molecule has 0 aliphatic rings. The van der Waals surface area contributed by atoms with Gasteiger partial charge in [0.2, 0.25) is 0 Å². The monoisotopic (exact) mass is 424 g/mol. The van der Waals surface area contributed by atoms with Gasteiger partial charge in [-0.05, 0) is 46.5 Å². The lowest BCUT2D eigenvalue weighted by Crippen LogP contribution is -1.74. The lowest BCUT2D eigenvalue weighted by molar-refractivity contribution is 0.449. The summed E-state index contributed by atoms with van der Waals surface area (Å²) in [5.41, 5.74) is 3.68. The number of phenolic OH excluding ortho intramolecular Hbond substituents is 4. The van der Waals surface area contributed by atoms with Crippen LogP contribution in [0.15, 0.2) is 97.1 Å². The van der Waals surface area contributed by atoms with E-state index < -0.39 is 0 Å². The summed E-state index contributed by atoms with van der Waals surface area (Å²) >= 11 is 0. The molecule has 0 aromatic heterocycles. The Bertz CT molecular complexity index is 1060. The van der Waals surface area contributed by atoms with E-state index in [0.29, 0.717) is 0 Å². The molecule has 0 amide bonds. The van der Waals surface area contributed by atoms with Gasteiger partial charge in [0.1, 0.15) is 23.0 Å². The van der Waals surface area contributed by atoms with E-state index >= 15 is 0 Å². The molecule has 0 fully saturated rings. The SMILES string of the molecule is Oc1cc(O)cc(/C=C/c2ccccc2)c1.Oc1cc(O)cc(/C=C/c2ccccc2)c1. The summed E-state index contributed by atoms with van der Waals surface area (Å²) in [5, 5.41) is 37.2. The van der Waals surface area contributed by atoms with Crippen molar-refractivity contribution in [2.45, 2.75) is 0 Å². The van der Waals surface area contributed by atoms with Crippen LogP contribution in [-0.4, -0.2) is 20.4 Å². The fourth-order valence-electron chi connectivity index (χ4n) is 2.94. The molecule has 0 unspecified atom stereocenters. The third kappa shape index (κ3) is 7.43. The van der Waals surface area contributed by atoms with Gasteiger partial charge in [0, 0.05) is 12.1 Å². The van der Waals surface area contributed by atoms with Gasteiger partial charge in [0.05, 0.1) is 0 Å². The molecule has 4 aromatic carbocycles. The molecule has 0 heterocycles. The maximum atomic E-state index is 9.30. The molecule has 32 heavy (non-hydrogen) atoms. The van der Waals surface area contributed by atoms with Gasteiger partial charge in [-0.25, -0.2) is 0 Å². The second-order valence-electron chi connectivity index (χ2n) is 7.05. The first-order valence-electron chi connectivity index (χ1n) is 10.0. The molecule has 0 spiro atoms. The molecule has 0 saturated carbocycles. The van der Waals surface area contributed by atoms with E-state index in [0.717, 1.165) is 22.3 Å². The number of rotatable bonds is 4. The standard InChI is InChI=1S/2C14H12O2/c2*15-13-8-12(9-14(16)10-13)7-6-11-4-2-1-3-5-11/h2*1-10,15-16H/b2*7-6+. The molecule has 4 aromatic rings. The van der Waals surface area contributed by atoms with Crippen molar-refractivity contribution in [3.05, 3.63) is 119 Å². The molecule has 0 atom stereocenters. The first kappa shape index (κ1) is 22.2. The summed E-state index contributed by atoms with van der Waals surface area (Å²) in [4.78, 5) is 0. The number of aromatic hydroxyl groups is 4. The Morgan fingerprint density at radius 3 is 0.938 bits per heavy atom. The zero-order chi connectivity index (χ0) is 22.8. The quantitative estimate of drug-likeness (QED) is 0.281. The van der Waals surface area contributed by atoms with Crippen LogP contribution in [0.4, 0.5) is 0 Å². The Balaban J connectivity index is 0.000000181. The number of phenols is 4. The van der Waals surface area contributed by atoms with Crippen molar-refractivity contribution in [2.24, 2.45) is 0 Å². The van der Waals surface area contributed by atoms with E-state index in [2.05, 4.69) is 0 Å². The van der Waals surface area contributed by atoms with Gasteiger partial charge >= 0.3 is 0 Å². The average Bonchev–Trinajstić information content (AvgIpc) is 2.77. The molecule has 0 radical (unpaired) electrons. The Morgan fingerprint density at radius 2 is 0.625 bits per heavy atom. The van der Waals surface area contributed by atoms with E-state index in [1.54, 1.807) is 24.3 Å². The lowest BCUT2D eigenvalue weighted by Gasteiger charge is -1.98. The molecule has 4 heteroatoms. The first-order valence-corrected chi connectivity index (χ1v) is 10.0. The van der Waals surface area contributed by atoms with Crippen LogP contribution in [0.2, 0.25) is 0 Å². The lowest BCUT2D eigenvalue weighted by atomic mass is 10.1. The Hall–Kier alpha value is -4.44. The predicted molar refractivity (Wildman–Crippen MR) is 130 cm³/mol. The molecular formula is C28H24O4. The second kappa shape index (κ2) is 11.1. The van der Waals surface area contributed by atoms with E-state index in [1.807, 2.05) is 85.0 Å². The van der Waals surface area contributed by atoms with Crippen LogP contribution in [0.3, 0.4) is 0 Å². The molecule has 0 aliphatic carbocycles. The van der Waals surface area contributed by atoms with Crippen molar-refractivity contribution >= 4 is 24.3 Å². The Kier molecular flexibility index (Phi) is 7.71. The summed E-state index contributed by atoms with van der Waals surface area (Å²) in [7, 11) is 0. The van der Waals surface area contributed by atoms with Crippen LogP contribution in [0.25, 0.3) is 24.3 Å². The highest BCUT2D eigenvalue weighted by molar-refractivity contribution is 5.71. The van der Waals surface area contributed by atoms with Gasteiger partial charge in [0.15, 0.2) is 0 Å². The van der Waals surface area contributed by atoms with Crippen molar-refractivity contribution in [1.29, 1.82) is 0 Å². The average molecular weight is 424 g/mol. The summed E-state index contributed by atoms with van der Waals surface area (Å²) in [6, 6.07) is 28.7. The largest absolute Gasteiger partial charge is 0.508 e. The van der Waals surface area contributed by atoms with Crippen LogP contribution in [0.1, 0.15) is 22.3 Å². The highest BCUT2D eigenvalue weighted by Crippen LogP contribution is 2.22. The molecule has 0 saturated heterocycles. The number of hydrogen-bond acceptors (Lipinski definition) is 4. The minimum Gasteiger partial charge on any atom is -0.508 e. The molecule has 4 nitrogen and oxygen atoms in total. The summed E-state index contributed by atoms with van der Waals surface area (Å²) in [6.07, 6.45) is 7.53. The fraction of sp³-hybridized carbons (Fsp3) is 0. The minimum absolute atomic E-state index is 0.0627. The summed E-state index contributed by atoms with van der Waals surface area (Å²) in [5.74, 6) is 0.251. The van der Waals surface area contributed by atoms with Gasteiger partial charge in [-0.1, -0.05) is 85.0 Å². The molecular weight excluding hydrogens is 400 g/mol. The molecule has 4 rings (SSSR count). The van der Waals surface area contributed by atoms with Crippen molar-refractivity contribution in [2.75, 3.05) is 0 Å². The minimum atomic E-state index is 0.0627. The van der Waals surface area contributed by atoms with Crippen LogP contribution >= 0.6 is 0 Å². The van der Waals surface area contributed by atoms with E-state index in [9.17, 15) is 20.4 Å².